The summed E-state index contributed by atoms with van der Waals surface area (Å²) in [6.45, 7) is 3.76. The number of rotatable bonds is 6. The molecule has 0 aliphatic carbocycles. The highest BCUT2D eigenvalue weighted by Crippen LogP contribution is 2.18. The lowest BCUT2D eigenvalue weighted by Gasteiger charge is -2.22. The van der Waals surface area contributed by atoms with Crippen LogP contribution in [0, 0.1) is 17.6 Å². The first-order valence-corrected chi connectivity index (χ1v) is 9.15. The van der Waals surface area contributed by atoms with Gasteiger partial charge in [0.25, 0.3) is 17.0 Å². The Morgan fingerprint density at radius 2 is 1.87 bits per heavy atom. The van der Waals surface area contributed by atoms with Gasteiger partial charge in [0.2, 0.25) is 0 Å². The zero-order valence-electron chi connectivity index (χ0n) is 16.2. The minimum Gasteiger partial charge on any atom is -0.346 e. The molecule has 0 fully saturated rings. The maximum absolute atomic E-state index is 13.5. The van der Waals surface area contributed by atoms with Crippen molar-refractivity contribution in [2.75, 3.05) is 0 Å². The fraction of sp³-hybridized carbons (Fsp3) is 0.250. The number of hydrogen-bond donors (Lipinski definition) is 2. The normalized spacial score (nSPS) is 12.0. The molecule has 2 heterocycles. The highest BCUT2D eigenvalue weighted by atomic mass is 19.2. The summed E-state index contributed by atoms with van der Waals surface area (Å²) >= 11 is 0. The fourth-order valence-electron chi connectivity index (χ4n) is 2.71. The minimum absolute atomic E-state index is 0.0242. The van der Waals surface area contributed by atoms with Gasteiger partial charge in [-0.15, -0.1) is 0 Å². The van der Waals surface area contributed by atoms with E-state index in [9.17, 15) is 23.2 Å². The number of carbonyl (C=O) groups excluding carboxylic acids is 1. The molecule has 0 saturated heterocycles. The SMILES string of the molecule is CC(C)[C@H](Cn1nc(-c2ccc(F)c(F)c2)ccc1=O)NC(=O)c1ccc(=O)[nH]n1. The third-order valence-electron chi connectivity index (χ3n) is 4.48. The molecular formula is C20H19F2N5O3. The van der Waals surface area contributed by atoms with Crippen molar-refractivity contribution in [1.82, 2.24) is 25.3 Å². The van der Waals surface area contributed by atoms with E-state index in [0.717, 1.165) is 16.8 Å². The van der Waals surface area contributed by atoms with Gasteiger partial charge < -0.3 is 5.32 Å². The van der Waals surface area contributed by atoms with Crippen molar-refractivity contribution in [2.24, 2.45) is 5.92 Å². The summed E-state index contributed by atoms with van der Waals surface area (Å²) in [4.78, 5) is 35.8. The summed E-state index contributed by atoms with van der Waals surface area (Å²) in [6, 6.07) is 8.01. The second kappa shape index (κ2) is 8.76. The number of nitrogens with one attached hydrogen (secondary N) is 2. The van der Waals surface area contributed by atoms with E-state index in [1.807, 2.05) is 13.8 Å². The van der Waals surface area contributed by atoms with Crippen molar-refractivity contribution in [3.8, 4) is 11.3 Å². The number of aromatic amines is 1. The molecule has 0 radical (unpaired) electrons. The molecule has 0 bridgehead atoms. The third-order valence-corrected chi connectivity index (χ3v) is 4.48. The summed E-state index contributed by atoms with van der Waals surface area (Å²) < 4.78 is 27.9. The molecule has 8 nitrogen and oxygen atoms in total. The lowest BCUT2D eigenvalue weighted by atomic mass is 10.0. The van der Waals surface area contributed by atoms with E-state index < -0.39 is 34.7 Å². The number of aromatic nitrogens is 4. The van der Waals surface area contributed by atoms with Crippen molar-refractivity contribution in [1.29, 1.82) is 0 Å². The first-order chi connectivity index (χ1) is 14.2. The van der Waals surface area contributed by atoms with Crippen LogP contribution < -0.4 is 16.4 Å². The Kier molecular flexibility index (Phi) is 6.14. The van der Waals surface area contributed by atoms with Gasteiger partial charge in [0.1, 0.15) is 5.69 Å². The zero-order chi connectivity index (χ0) is 21.8. The van der Waals surface area contributed by atoms with Crippen LogP contribution in [0.1, 0.15) is 24.3 Å². The quantitative estimate of drug-likeness (QED) is 0.637. The van der Waals surface area contributed by atoms with Crippen LogP contribution in [0.4, 0.5) is 8.78 Å². The molecular weight excluding hydrogens is 396 g/mol. The summed E-state index contributed by atoms with van der Waals surface area (Å²) in [6.07, 6.45) is 0. The van der Waals surface area contributed by atoms with Crippen LogP contribution in [0.3, 0.4) is 0 Å². The van der Waals surface area contributed by atoms with Gasteiger partial charge in [0.05, 0.1) is 18.3 Å². The fourth-order valence-corrected chi connectivity index (χ4v) is 2.71. The summed E-state index contributed by atoms with van der Waals surface area (Å²) in [5, 5.41) is 12.9. The molecule has 0 aliphatic rings. The lowest BCUT2D eigenvalue weighted by Crippen LogP contribution is -2.44. The monoisotopic (exact) mass is 415 g/mol. The Hall–Kier alpha value is -3.69. The second-order valence-corrected chi connectivity index (χ2v) is 7.00. The molecule has 10 heteroatoms. The van der Waals surface area contributed by atoms with Crippen molar-refractivity contribution in [2.45, 2.75) is 26.4 Å². The van der Waals surface area contributed by atoms with E-state index in [-0.39, 0.29) is 23.9 Å². The van der Waals surface area contributed by atoms with Gasteiger partial charge in [-0.2, -0.15) is 10.2 Å². The Balaban J connectivity index is 1.85. The van der Waals surface area contributed by atoms with Gasteiger partial charge >= 0.3 is 0 Å². The van der Waals surface area contributed by atoms with Gasteiger partial charge in [-0.3, -0.25) is 14.4 Å². The van der Waals surface area contributed by atoms with Crippen molar-refractivity contribution in [3.05, 3.63) is 80.5 Å². The second-order valence-electron chi connectivity index (χ2n) is 7.00. The molecule has 30 heavy (non-hydrogen) atoms. The van der Waals surface area contributed by atoms with Gasteiger partial charge in [-0.25, -0.2) is 18.6 Å². The van der Waals surface area contributed by atoms with Gasteiger partial charge in [-0.05, 0) is 36.2 Å². The number of carbonyl (C=O) groups is 1. The molecule has 156 valence electrons. The van der Waals surface area contributed by atoms with Crippen LogP contribution >= 0.6 is 0 Å². The molecule has 0 saturated carbocycles. The van der Waals surface area contributed by atoms with Gasteiger partial charge in [0.15, 0.2) is 11.6 Å². The van der Waals surface area contributed by atoms with E-state index in [1.54, 1.807) is 0 Å². The molecule has 2 N–H and O–H groups in total. The average molecular weight is 415 g/mol. The maximum atomic E-state index is 13.5. The van der Waals surface area contributed by atoms with Crippen molar-refractivity contribution < 1.29 is 13.6 Å². The molecule has 0 aliphatic heterocycles. The molecule has 0 unspecified atom stereocenters. The zero-order valence-corrected chi connectivity index (χ0v) is 16.2. The van der Waals surface area contributed by atoms with E-state index in [0.29, 0.717) is 5.56 Å². The van der Waals surface area contributed by atoms with E-state index >= 15 is 0 Å². The number of amides is 1. The molecule has 1 atom stereocenters. The van der Waals surface area contributed by atoms with Crippen LogP contribution in [0.2, 0.25) is 0 Å². The molecule has 0 spiro atoms. The van der Waals surface area contributed by atoms with Gasteiger partial charge in [0, 0.05) is 17.7 Å². The summed E-state index contributed by atoms with van der Waals surface area (Å²) in [5.74, 6) is -2.59. The predicted molar refractivity (Wildman–Crippen MR) is 105 cm³/mol. The van der Waals surface area contributed by atoms with Crippen molar-refractivity contribution >= 4 is 5.91 Å². The van der Waals surface area contributed by atoms with Crippen LogP contribution in [0.15, 0.2) is 52.1 Å². The van der Waals surface area contributed by atoms with Crippen LogP contribution in [0.5, 0.6) is 0 Å². The molecule has 3 rings (SSSR count). The van der Waals surface area contributed by atoms with Crippen LogP contribution in [0.25, 0.3) is 11.3 Å². The Morgan fingerprint density at radius 3 is 2.50 bits per heavy atom. The highest BCUT2D eigenvalue weighted by molar-refractivity contribution is 5.92. The number of benzene rings is 1. The first kappa shape index (κ1) is 21.0. The maximum Gasteiger partial charge on any atom is 0.272 e. The smallest absolute Gasteiger partial charge is 0.272 e. The average Bonchev–Trinajstić information content (AvgIpc) is 2.71. The summed E-state index contributed by atoms with van der Waals surface area (Å²) in [7, 11) is 0. The van der Waals surface area contributed by atoms with E-state index in [1.165, 1.54) is 30.3 Å². The van der Waals surface area contributed by atoms with E-state index in [4.69, 9.17) is 0 Å². The number of halogens is 2. The molecule has 1 amide bonds. The lowest BCUT2D eigenvalue weighted by molar-refractivity contribution is 0.0912. The molecule has 3 aromatic rings. The topological polar surface area (TPSA) is 110 Å². The Morgan fingerprint density at radius 1 is 1.10 bits per heavy atom. The molecule has 1 aromatic carbocycles. The van der Waals surface area contributed by atoms with Gasteiger partial charge in [-0.1, -0.05) is 13.8 Å². The van der Waals surface area contributed by atoms with Crippen molar-refractivity contribution in [3.63, 3.8) is 0 Å². The minimum atomic E-state index is -1.02. The number of nitrogens with zero attached hydrogens (tertiary/aromatic N) is 3. The predicted octanol–water partition coefficient (Wildman–Crippen LogP) is 1.73. The Bertz CT molecular complexity index is 1170. The standard InChI is InChI=1S/C20H19F2N5O3/c1-11(2)17(23-20(30)16-5-7-18(28)25-24-16)10-27-19(29)8-6-15(26-27)12-3-4-13(21)14(22)9-12/h3-9,11,17H,10H2,1-2H3,(H,23,30)(H,25,28)/t17-/m0/s1. The first-order valence-electron chi connectivity index (χ1n) is 9.15. The Labute approximate surface area is 169 Å². The number of H-pyrrole nitrogens is 1. The summed E-state index contributed by atoms with van der Waals surface area (Å²) in [5.41, 5.74) is -0.230. The van der Waals surface area contributed by atoms with E-state index in [2.05, 4.69) is 20.6 Å². The highest BCUT2D eigenvalue weighted by Gasteiger charge is 2.20. The van der Waals surface area contributed by atoms with Crippen LogP contribution in [-0.2, 0) is 6.54 Å². The molecule has 2 aromatic heterocycles. The van der Waals surface area contributed by atoms with Crippen LogP contribution in [-0.4, -0.2) is 31.9 Å². The third kappa shape index (κ3) is 4.83. The number of hydrogen-bond acceptors (Lipinski definition) is 5. The largest absolute Gasteiger partial charge is 0.346 e.